The molecule has 0 saturated carbocycles. The maximum absolute atomic E-state index is 13.9. The third-order valence-corrected chi connectivity index (χ3v) is 7.60. The minimum atomic E-state index is -3.87. The van der Waals surface area contributed by atoms with E-state index < -0.39 is 10.0 Å². The van der Waals surface area contributed by atoms with E-state index in [1.807, 2.05) is 40.0 Å². The lowest BCUT2D eigenvalue weighted by molar-refractivity contribution is 0.369. The van der Waals surface area contributed by atoms with E-state index in [9.17, 15) is 12.8 Å². The summed E-state index contributed by atoms with van der Waals surface area (Å²) in [5.74, 6) is -0.376. The predicted octanol–water partition coefficient (Wildman–Crippen LogP) is 4.66. The molecule has 0 atom stereocenters. The van der Waals surface area contributed by atoms with Crippen LogP contribution in [0.15, 0.2) is 47.4 Å². The topological polar surface area (TPSA) is 42.3 Å². The van der Waals surface area contributed by atoms with Gasteiger partial charge in [0, 0.05) is 18.5 Å². The second-order valence-electron chi connectivity index (χ2n) is 7.97. The van der Waals surface area contributed by atoms with Crippen LogP contribution in [-0.2, 0) is 10.0 Å². The molecule has 2 heterocycles. The van der Waals surface area contributed by atoms with Gasteiger partial charge in [0.05, 0.1) is 16.1 Å². The predicted molar refractivity (Wildman–Crippen MR) is 115 cm³/mol. The molecule has 0 aliphatic carbocycles. The normalized spacial score (nSPS) is 15.7. The van der Waals surface area contributed by atoms with Crippen molar-refractivity contribution in [3.8, 4) is 0 Å². The summed E-state index contributed by atoms with van der Waals surface area (Å²) in [6.45, 7) is 7.22. The molecule has 0 spiro atoms. The van der Waals surface area contributed by atoms with Crippen LogP contribution in [0.1, 0.15) is 28.8 Å². The van der Waals surface area contributed by atoms with Crippen LogP contribution in [0.2, 0.25) is 0 Å². The van der Waals surface area contributed by atoms with Gasteiger partial charge in [0.25, 0.3) is 10.0 Å². The largest absolute Gasteiger partial charge is 0.302 e. The van der Waals surface area contributed by atoms with Crippen LogP contribution in [0.5, 0.6) is 0 Å². The number of hydrogen-bond acceptors (Lipinski definition) is 3. The lowest BCUT2D eigenvalue weighted by Crippen LogP contribution is -2.25. The van der Waals surface area contributed by atoms with Gasteiger partial charge >= 0.3 is 0 Å². The summed E-state index contributed by atoms with van der Waals surface area (Å²) in [5, 5.41) is 0.589. The first-order valence-corrected chi connectivity index (χ1v) is 11.1. The molecule has 29 heavy (non-hydrogen) atoms. The summed E-state index contributed by atoms with van der Waals surface area (Å²) >= 11 is 0. The van der Waals surface area contributed by atoms with Gasteiger partial charge in [0.1, 0.15) is 5.82 Å². The highest BCUT2D eigenvalue weighted by Gasteiger charge is 2.28. The lowest BCUT2D eigenvalue weighted by atomic mass is 10.1. The standard InChI is InChI=1S/C23H25FN2O2S/c1-15-11-16(2)23(17(3)12-15)29(27,28)26-21-6-5-20(24)13-19(21)14-22(26)18-7-9-25(4)10-8-18/h5-7,11-14H,8-10H2,1-4H3. The maximum atomic E-state index is 13.9. The van der Waals surface area contributed by atoms with Crippen LogP contribution in [-0.4, -0.2) is 37.4 Å². The van der Waals surface area contributed by atoms with Gasteiger partial charge in [-0.05, 0) is 75.2 Å². The Balaban J connectivity index is 2.03. The fourth-order valence-corrected chi connectivity index (χ4v) is 6.28. The Labute approximate surface area is 171 Å². The Morgan fingerprint density at radius 3 is 2.31 bits per heavy atom. The minimum Gasteiger partial charge on any atom is -0.302 e. The van der Waals surface area contributed by atoms with Gasteiger partial charge in [0.2, 0.25) is 0 Å². The summed E-state index contributed by atoms with van der Waals surface area (Å²) < 4.78 is 43.1. The fraction of sp³-hybridized carbons (Fsp3) is 0.304. The van der Waals surface area contributed by atoms with Crippen LogP contribution in [0.4, 0.5) is 4.39 Å². The van der Waals surface area contributed by atoms with Crippen molar-refractivity contribution in [2.45, 2.75) is 32.1 Å². The van der Waals surface area contributed by atoms with Crippen molar-refractivity contribution >= 4 is 26.5 Å². The van der Waals surface area contributed by atoms with E-state index in [1.165, 1.54) is 16.1 Å². The SMILES string of the molecule is Cc1cc(C)c(S(=O)(=O)n2c(C3=CCN(C)CC3)cc3cc(F)ccc32)c(C)c1. The first-order chi connectivity index (χ1) is 13.7. The molecule has 1 aromatic heterocycles. The fourth-order valence-electron chi connectivity index (χ4n) is 4.31. The Morgan fingerprint density at radius 2 is 1.69 bits per heavy atom. The van der Waals surface area contributed by atoms with E-state index in [4.69, 9.17) is 0 Å². The van der Waals surface area contributed by atoms with Gasteiger partial charge < -0.3 is 4.90 Å². The zero-order chi connectivity index (χ0) is 20.9. The highest BCUT2D eigenvalue weighted by Crippen LogP contribution is 2.34. The van der Waals surface area contributed by atoms with Crippen LogP contribution < -0.4 is 0 Å². The molecule has 0 fully saturated rings. The number of fused-ring (bicyclic) bond motifs is 1. The molecule has 3 aromatic rings. The molecule has 152 valence electrons. The zero-order valence-corrected chi connectivity index (χ0v) is 18.0. The van der Waals surface area contributed by atoms with E-state index in [1.54, 1.807) is 12.1 Å². The first kappa shape index (κ1) is 19.9. The number of rotatable bonds is 3. The molecule has 0 bridgehead atoms. The molecule has 0 saturated heterocycles. The number of benzene rings is 2. The Morgan fingerprint density at radius 1 is 1.00 bits per heavy atom. The highest BCUT2D eigenvalue weighted by molar-refractivity contribution is 7.90. The summed E-state index contributed by atoms with van der Waals surface area (Å²) in [4.78, 5) is 2.50. The molecule has 6 heteroatoms. The van der Waals surface area contributed by atoms with Crippen molar-refractivity contribution in [1.82, 2.24) is 8.87 Å². The molecular formula is C23H25FN2O2S. The van der Waals surface area contributed by atoms with E-state index in [-0.39, 0.29) is 5.82 Å². The number of likely N-dealkylation sites (N-methyl/N-ethyl adjacent to an activating group) is 1. The smallest absolute Gasteiger partial charge is 0.269 e. The van der Waals surface area contributed by atoms with Crippen molar-refractivity contribution in [3.63, 3.8) is 0 Å². The summed E-state index contributed by atoms with van der Waals surface area (Å²) in [7, 11) is -1.83. The van der Waals surface area contributed by atoms with Gasteiger partial charge in [0.15, 0.2) is 0 Å². The van der Waals surface area contributed by atoms with Crippen LogP contribution in [0.25, 0.3) is 16.5 Å². The molecule has 4 nitrogen and oxygen atoms in total. The zero-order valence-electron chi connectivity index (χ0n) is 17.2. The molecule has 1 aliphatic heterocycles. The second-order valence-corrected chi connectivity index (χ2v) is 9.70. The van der Waals surface area contributed by atoms with Crippen LogP contribution in [0.3, 0.4) is 0 Å². The Hall–Kier alpha value is -2.44. The lowest BCUT2D eigenvalue weighted by Gasteiger charge is -2.23. The van der Waals surface area contributed by atoms with E-state index >= 15 is 0 Å². The van der Waals surface area contributed by atoms with Crippen molar-refractivity contribution in [2.75, 3.05) is 20.1 Å². The molecular weight excluding hydrogens is 387 g/mol. The maximum Gasteiger partial charge on any atom is 0.269 e. The number of aromatic nitrogens is 1. The Bertz CT molecular complexity index is 1230. The van der Waals surface area contributed by atoms with Crippen LogP contribution >= 0.6 is 0 Å². The van der Waals surface area contributed by atoms with Gasteiger partial charge in [-0.2, -0.15) is 0 Å². The first-order valence-electron chi connectivity index (χ1n) is 9.71. The molecule has 0 radical (unpaired) electrons. The minimum absolute atomic E-state index is 0.319. The Kier molecular flexibility index (Phi) is 4.87. The highest BCUT2D eigenvalue weighted by atomic mass is 32.2. The third-order valence-electron chi connectivity index (χ3n) is 5.56. The van der Waals surface area contributed by atoms with Gasteiger partial charge in [-0.15, -0.1) is 0 Å². The van der Waals surface area contributed by atoms with Crippen molar-refractivity contribution < 1.29 is 12.8 Å². The average molecular weight is 413 g/mol. The molecule has 0 N–H and O–H groups in total. The van der Waals surface area contributed by atoms with Crippen molar-refractivity contribution in [2.24, 2.45) is 0 Å². The monoisotopic (exact) mass is 412 g/mol. The van der Waals surface area contributed by atoms with Gasteiger partial charge in [-0.25, -0.2) is 16.8 Å². The quantitative estimate of drug-likeness (QED) is 0.628. The van der Waals surface area contributed by atoms with Crippen LogP contribution in [0, 0.1) is 26.6 Å². The number of nitrogens with zero attached hydrogens (tertiary/aromatic N) is 2. The van der Waals surface area contributed by atoms with E-state index in [0.29, 0.717) is 21.5 Å². The summed E-state index contributed by atoms with van der Waals surface area (Å²) in [6.07, 6.45) is 2.81. The van der Waals surface area contributed by atoms with Crippen molar-refractivity contribution in [1.29, 1.82) is 0 Å². The number of aryl methyl sites for hydroxylation is 3. The third kappa shape index (κ3) is 3.40. The summed E-state index contributed by atoms with van der Waals surface area (Å²) in [6, 6.07) is 9.84. The second kappa shape index (κ2) is 7.11. The van der Waals surface area contributed by atoms with Gasteiger partial charge in [-0.3, -0.25) is 0 Å². The molecule has 4 rings (SSSR count). The average Bonchev–Trinajstić information content (AvgIpc) is 3.00. The number of halogens is 1. The van der Waals surface area contributed by atoms with Gasteiger partial charge in [-0.1, -0.05) is 23.8 Å². The van der Waals surface area contributed by atoms with E-state index in [0.717, 1.165) is 41.8 Å². The molecule has 2 aromatic carbocycles. The number of hydrogen-bond donors (Lipinski definition) is 0. The molecule has 1 aliphatic rings. The summed E-state index contributed by atoms with van der Waals surface area (Å²) in [5.41, 5.74) is 4.56. The van der Waals surface area contributed by atoms with Crippen molar-refractivity contribution in [3.05, 3.63) is 70.7 Å². The van der Waals surface area contributed by atoms with E-state index in [2.05, 4.69) is 11.0 Å². The molecule has 0 unspecified atom stereocenters. The molecule has 0 amide bonds.